The molecule has 2 heterocycles. The summed E-state index contributed by atoms with van der Waals surface area (Å²) >= 11 is 0. The van der Waals surface area contributed by atoms with Crippen LogP contribution in [0.15, 0.2) is 24.3 Å². The van der Waals surface area contributed by atoms with Crippen LogP contribution in [0.25, 0.3) is 0 Å². The first kappa shape index (κ1) is 5.10. The summed E-state index contributed by atoms with van der Waals surface area (Å²) in [6, 6.07) is 0. The Kier molecular flexibility index (Phi) is 0.775. The number of fused-ring (bicyclic) bond motifs is 2. The van der Waals surface area contributed by atoms with Gasteiger partial charge in [-0.2, -0.15) is 0 Å². The Morgan fingerprint density at radius 1 is 0.600 bits per heavy atom. The van der Waals surface area contributed by atoms with Crippen molar-refractivity contribution in [3.05, 3.63) is 24.3 Å². The van der Waals surface area contributed by atoms with Crippen molar-refractivity contribution in [1.82, 2.24) is 0 Å². The van der Waals surface area contributed by atoms with E-state index in [9.17, 15) is 0 Å². The van der Waals surface area contributed by atoms with Crippen LogP contribution in [0.2, 0.25) is 0 Å². The van der Waals surface area contributed by atoms with E-state index < -0.39 is 0 Å². The van der Waals surface area contributed by atoms with Gasteiger partial charge in [-0.05, 0) is 0 Å². The molecule has 3 rings (SSSR count). The molecule has 0 spiro atoms. The Balaban J connectivity index is 1.89. The molecule has 0 N–H and O–H groups in total. The fourth-order valence-corrected chi connectivity index (χ4v) is 1.33. The molecule has 0 radical (unpaired) electrons. The molecule has 4 atom stereocenters. The second-order valence-electron chi connectivity index (χ2n) is 2.90. The van der Waals surface area contributed by atoms with E-state index in [4.69, 9.17) is 9.47 Å². The second kappa shape index (κ2) is 1.52. The highest BCUT2D eigenvalue weighted by molar-refractivity contribution is 5.22. The molecule has 2 nitrogen and oxygen atoms in total. The maximum Gasteiger partial charge on any atom is 0.106 e. The summed E-state index contributed by atoms with van der Waals surface area (Å²) < 4.78 is 10.6. The lowest BCUT2D eigenvalue weighted by Gasteiger charge is -1.83. The standard InChI is InChI=1S/C8H8O2/c1-2-6-8(10-6)4-3-7-5(1)9-7/h1-8H/t5-,6+,7+,8-. The molecule has 0 aromatic rings. The summed E-state index contributed by atoms with van der Waals surface area (Å²) in [5.41, 5.74) is 0. The van der Waals surface area contributed by atoms with Crippen molar-refractivity contribution in [2.24, 2.45) is 0 Å². The number of rotatable bonds is 0. The van der Waals surface area contributed by atoms with Gasteiger partial charge in [0.25, 0.3) is 0 Å². The molecule has 1 aliphatic carbocycles. The van der Waals surface area contributed by atoms with Gasteiger partial charge in [0.2, 0.25) is 0 Å². The third-order valence-corrected chi connectivity index (χ3v) is 2.10. The Bertz CT molecular complexity index is 175. The van der Waals surface area contributed by atoms with E-state index in [1.807, 2.05) is 0 Å². The third kappa shape index (κ3) is 0.662. The SMILES string of the molecule is C1=C[C@H]2O[C@H]2C=C[C@H]2O[C@@H]12. The minimum Gasteiger partial charge on any atom is -0.361 e. The van der Waals surface area contributed by atoms with Crippen molar-refractivity contribution in [3.63, 3.8) is 0 Å². The van der Waals surface area contributed by atoms with Gasteiger partial charge in [0, 0.05) is 0 Å². The maximum atomic E-state index is 5.28. The van der Waals surface area contributed by atoms with Gasteiger partial charge >= 0.3 is 0 Å². The van der Waals surface area contributed by atoms with E-state index in [2.05, 4.69) is 24.3 Å². The van der Waals surface area contributed by atoms with Gasteiger partial charge in [-0.25, -0.2) is 0 Å². The van der Waals surface area contributed by atoms with Crippen LogP contribution in [0, 0.1) is 0 Å². The lowest BCUT2D eigenvalue weighted by atomic mass is 10.1. The molecule has 10 heavy (non-hydrogen) atoms. The van der Waals surface area contributed by atoms with Gasteiger partial charge in [0.05, 0.1) is 0 Å². The predicted octanol–water partition coefficient (Wildman–Crippen LogP) is 0.647. The fourth-order valence-electron chi connectivity index (χ4n) is 1.33. The van der Waals surface area contributed by atoms with Gasteiger partial charge in [-0.15, -0.1) is 0 Å². The van der Waals surface area contributed by atoms with Crippen LogP contribution in [0.1, 0.15) is 0 Å². The molecule has 0 unspecified atom stereocenters. The maximum absolute atomic E-state index is 5.28. The molecule has 2 saturated heterocycles. The topological polar surface area (TPSA) is 25.1 Å². The summed E-state index contributed by atoms with van der Waals surface area (Å²) in [7, 11) is 0. The highest BCUT2D eigenvalue weighted by Crippen LogP contribution is 2.33. The first-order valence-electron chi connectivity index (χ1n) is 3.61. The fraction of sp³-hybridized carbons (Fsp3) is 0.500. The lowest BCUT2D eigenvalue weighted by Crippen LogP contribution is -1.93. The summed E-state index contributed by atoms with van der Waals surface area (Å²) in [5, 5.41) is 0. The monoisotopic (exact) mass is 136 g/mol. The minimum atomic E-state index is 0.349. The van der Waals surface area contributed by atoms with Crippen molar-refractivity contribution in [1.29, 1.82) is 0 Å². The Hall–Kier alpha value is -0.600. The van der Waals surface area contributed by atoms with E-state index in [0.717, 1.165) is 0 Å². The van der Waals surface area contributed by atoms with Crippen molar-refractivity contribution in [3.8, 4) is 0 Å². The number of epoxide rings is 2. The second-order valence-corrected chi connectivity index (χ2v) is 2.90. The molecule has 3 aliphatic rings. The number of ether oxygens (including phenoxy) is 2. The van der Waals surface area contributed by atoms with Crippen LogP contribution in [0.4, 0.5) is 0 Å². The van der Waals surface area contributed by atoms with Crippen molar-refractivity contribution < 1.29 is 9.47 Å². The normalized spacial score (nSPS) is 54.4. The molecular weight excluding hydrogens is 128 g/mol. The Morgan fingerprint density at radius 2 is 0.900 bits per heavy atom. The average molecular weight is 136 g/mol. The highest BCUT2D eigenvalue weighted by atomic mass is 16.6. The summed E-state index contributed by atoms with van der Waals surface area (Å²) in [4.78, 5) is 0. The van der Waals surface area contributed by atoms with Crippen molar-refractivity contribution in [2.75, 3.05) is 0 Å². The van der Waals surface area contributed by atoms with E-state index >= 15 is 0 Å². The third-order valence-electron chi connectivity index (χ3n) is 2.10. The van der Waals surface area contributed by atoms with Crippen LogP contribution >= 0.6 is 0 Å². The zero-order chi connectivity index (χ0) is 6.55. The van der Waals surface area contributed by atoms with Gasteiger partial charge in [0.15, 0.2) is 0 Å². The van der Waals surface area contributed by atoms with Crippen LogP contribution in [0.5, 0.6) is 0 Å². The van der Waals surface area contributed by atoms with Crippen molar-refractivity contribution >= 4 is 0 Å². The quantitative estimate of drug-likeness (QED) is 0.361. The van der Waals surface area contributed by atoms with Crippen LogP contribution in [0.3, 0.4) is 0 Å². The first-order valence-corrected chi connectivity index (χ1v) is 3.61. The molecule has 0 saturated carbocycles. The smallest absolute Gasteiger partial charge is 0.106 e. The van der Waals surface area contributed by atoms with Gasteiger partial charge in [-0.1, -0.05) is 24.3 Å². The van der Waals surface area contributed by atoms with Crippen LogP contribution in [-0.4, -0.2) is 24.4 Å². The molecule has 2 fully saturated rings. The lowest BCUT2D eigenvalue weighted by molar-refractivity contribution is 0.399. The zero-order valence-corrected chi connectivity index (χ0v) is 5.44. The van der Waals surface area contributed by atoms with Crippen molar-refractivity contribution in [2.45, 2.75) is 24.4 Å². The molecule has 2 heteroatoms. The molecule has 0 bridgehead atoms. The molecular formula is C8H8O2. The summed E-state index contributed by atoms with van der Waals surface area (Å²) in [6.07, 6.45) is 9.78. The van der Waals surface area contributed by atoms with Crippen LogP contribution in [-0.2, 0) is 9.47 Å². The first-order chi connectivity index (χ1) is 4.93. The minimum absolute atomic E-state index is 0.349. The number of hydrogen-bond donors (Lipinski definition) is 0. The number of hydrogen-bond acceptors (Lipinski definition) is 2. The van der Waals surface area contributed by atoms with E-state index in [1.165, 1.54) is 0 Å². The zero-order valence-electron chi connectivity index (χ0n) is 5.44. The predicted molar refractivity (Wildman–Crippen MR) is 35.6 cm³/mol. The van der Waals surface area contributed by atoms with E-state index in [-0.39, 0.29) is 0 Å². The van der Waals surface area contributed by atoms with E-state index in [0.29, 0.717) is 24.4 Å². The van der Waals surface area contributed by atoms with Crippen LogP contribution < -0.4 is 0 Å². The molecule has 52 valence electrons. The van der Waals surface area contributed by atoms with Gasteiger partial charge in [-0.3, -0.25) is 0 Å². The van der Waals surface area contributed by atoms with Gasteiger partial charge < -0.3 is 9.47 Å². The highest BCUT2D eigenvalue weighted by Gasteiger charge is 2.41. The molecule has 0 aromatic carbocycles. The molecule has 0 aromatic heterocycles. The summed E-state index contributed by atoms with van der Waals surface area (Å²) in [6.45, 7) is 0. The average Bonchev–Trinajstić information content (AvgIpc) is 2.70. The Morgan fingerprint density at radius 3 is 1.20 bits per heavy atom. The molecule has 2 aliphatic heterocycles. The van der Waals surface area contributed by atoms with E-state index in [1.54, 1.807) is 0 Å². The largest absolute Gasteiger partial charge is 0.361 e. The Labute approximate surface area is 59.1 Å². The summed E-state index contributed by atoms with van der Waals surface area (Å²) in [5.74, 6) is 0. The molecule has 0 amide bonds. The van der Waals surface area contributed by atoms with Gasteiger partial charge in [0.1, 0.15) is 24.4 Å².